The highest BCUT2D eigenvalue weighted by molar-refractivity contribution is 7.92. The maximum atomic E-state index is 14.3. The Morgan fingerprint density at radius 3 is 2.13 bits per heavy atom. The van der Waals surface area contributed by atoms with Gasteiger partial charge in [0.05, 0.1) is 16.0 Å². The Bertz CT molecular complexity index is 1590. The summed E-state index contributed by atoms with van der Waals surface area (Å²) in [6.45, 7) is 3.08. The normalized spacial score (nSPS) is 30.3. The molecule has 0 aromatic heterocycles. The molecule has 3 aromatic carbocycles. The zero-order chi connectivity index (χ0) is 27.3. The summed E-state index contributed by atoms with van der Waals surface area (Å²) in [6, 6.07) is 22.1. The van der Waals surface area contributed by atoms with Gasteiger partial charge in [0, 0.05) is 13.5 Å². The number of hydrogen-bond acceptors (Lipinski definition) is 6. The third kappa shape index (κ3) is 2.85. The summed E-state index contributed by atoms with van der Waals surface area (Å²) in [4.78, 5) is 29.3. The molecule has 3 aliphatic rings. The molecule has 3 aromatic rings. The SMILES string of the molecule is Cc1ccc([C@]23C[C@@]4(O)C(=O)N(C)[C@](C)(O)C(=O)N4[C@H]2N(S(=O)(=O)c2ccccc2)c2ccccc23)cc1. The molecule has 0 spiro atoms. The first-order chi connectivity index (χ1) is 17.9. The number of benzene rings is 3. The highest BCUT2D eigenvalue weighted by Gasteiger charge is 2.76. The van der Waals surface area contributed by atoms with Crippen LogP contribution in [0.4, 0.5) is 5.69 Å². The molecule has 2 saturated heterocycles. The molecule has 0 radical (unpaired) electrons. The van der Waals surface area contributed by atoms with E-state index >= 15 is 0 Å². The molecule has 0 saturated carbocycles. The Morgan fingerprint density at radius 1 is 0.868 bits per heavy atom. The summed E-state index contributed by atoms with van der Waals surface area (Å²) < 4.78 is 29.7. The minimum Gasteiger partial charge on any atom is -0.363 e. The van der Waals surface area contributed by atoms with Crippen LogP contribution in [0.15, 0.2) is 83.8 Å². The van der Waals surface area contributed by atoms with Gasteiger partial charge in [-0.15, -0.1) is 0 Å². The van der Waals surface area contributed by atoms with E-state index in [0.29, 0.717) is 16.8 Å². The Hall–Kier alpha value is -3.73. The predicted molar refractivity (Wildman–Crippen MR) is 138 cm³/mol. The fourth-order valence-electron chi connectivity index (χ4n) is 6.22. The van der Waals surface area contributed by atoms with Gasteiger partial charge in [0.15, 0.2) is 0 Å². The molecular weight excluding hydrogens is 506 g/mol. The van der Waals surface area contributed by atoms with Crippen LogP contribution in [0.3, 0.4) is 0 Å². The molecule has 3 aliphatic heterocycles. The maximum Gasteiger partial charge on any atom is 0.280 e. The third-order valence-corrected chi connectivity index (χ3v) is 10.0. The number of piperazine rings is 1. The maximum absolute atomic E-state index is 14.3. The van der Waals surface area contributed by atoms with Crippen molar-refractivity contribution >= 4 is 27.5 Å². The minimum absolute atomic E-state index is 0.00962. The van der Waals surface area contributed by atoms with Gasteiger partial charge in [-0.1, -0.05) is 66.2 Å². The fourth-order valence-corrected chi connectivity index (χ4v) is 7.91. The van der Waals surface area contributed by atoms with Crippen LogP contribution in [0.5, 0.6) is 0 Å². The van der Waals surface area contributed by atoms with Crippen LogP contribution in [0.1, 0.15) is 30.0 Å². The van der Waals surface area contributed by atoms with E-state index in [1.807, 2.05) is 31.2 Å². The van der Waals surface area contributed by atoms with Crippen molar-refractivity contribution in [3.8, 4) is 0 Å². The van der Waals surface area contributed by atoms with Gasteiger partial charge in [0.2, 0.25) is 11.4 Å². The molecule has 10 heteroatoms. The van der Waals surface area contributed by atoms with E-state index in [9.17, 15) is 28.2 Å². The van der Waals surface area contributed by atoms with Crippen LogP contribution < -0.4 is 4.31 Å². The summed E-state index contributed by atoms with van der Waals surface area (Å²) in [7, 11) is -3.06. The van der Waals surface area contributed by atoms with E-state index in [-0.39, 0.29) is 11.3 Å². The molecule has 2 fully saturated rings. The van der Waals surface area contributed by atoms with Gasteiger partial charge < -0.3 is 15.1 Å². The van der Waals surface area contributed by atoms with Crippen molar-refractivity contribution < 1.29 is 28.2 Å². The number of amides is 2. The summed E-state index contributed by atoms with van der Waals surface area (Å²) in [5, 5.41) is 23.1. The lowest BCUT2D eigenvalue weighted by molar-refractivity contribution is -0.224. The number of nitrogens with zero attached hydrogens (tertiary/aromatic N) is 3. The number of aliphatic hydroxyl groups is 2. The summed E-state index contributed by atoms with van der Waals surface area (Å²) in [6.07, 6.45) is -1.66. The van der Waals surface area contributed by atoms with Crippen molar-refractivity contribution in [1.29, 1.82) is 0 Å². The smallest absolute Gasteiger partial charge is 0.280 e. The zero-order valence-electron chi connectivity index (χ0n) is 21.1. The van der Waals surface area contributed by atoms with E-state index in [1.165, 1.54) is 19.2 Å². The van der Waals surface area contributed by atoms with Crippen LogP contribution >= 0.6 is 0 Å². The standard InChI is InChI=1S/C28H27N3O6S/c1-18-13-15-19(16-14-18)27-17-28(35)25(33)29(3)26(2,34)24(32)30(28)23(27)31(22-12-8-7-11-21(22)27)38(36,37)20-9-5-4-6-10-20/h4-16,23,34-35H,17H2,1-3H3/t23-,26+,27-,28+/m0/s1. The van der Waals surface area contributed by atoms with E-state index in [0.717, 1.165) is 26.6 Å². The van der Waals surface area contributed by atoms with Crippen molar-refractivity contribution in [2.45, 2.75) is 48.2 Å². The lowest BCUT2D eigenvalue weighted by Crippen LogP contribution is -2.75. The first-order valence-corrected chi connectivity index (χ1v) is 13.7. The monoisotopic (exact) mass is 533 g/mol. The molecule has 2 amide bonds. The Morgan fingerprint density at radius 2 is 1.47 bits per heavy atom. The highest BCUT2D eigenvalue weighted by Crippen LogP contribution is 2.62. The highest BCUT2D eigenvalue weighted by atomic mass is 32.2. The van der Waals surface area contributed by atoms with E-state index < -0.39 is 44.9 Å². The second kappa shape index (κ2) is 7.66. The van der Waals surface area contributed by atoms with E-state index in [4.69, 9.17) is 0 Å². The van der Waals surface area contributed by atoms with Crippen LogP contribution in [-0.4, -0.2) is 64.9 Å². The topological polar surface area (TPSA) is 118 Å². The average Bonchev–Trinajstić information content (AvgIpc) is 3.34. The second-order valence-corrected chi connectivity index (χ2v) is 12.2. The van der Waals surface area contributed by atoms with Crippen LogP contribution in [0.25, 0.3) is 0 Å². The first-order valence-electron chi connectivity index (χ1n) is 12.2. The van der Waals surface area contributed by atoms with Gasteiger partial charge in [-0.05, 0) is 43.2 Å². The molecule has 0 unspecified atom stereocenters. The predicted octanol–water partition coefficient (Wildman–Crippen LogP) is 1.92. The number of likely N-dealkylation sites (N-methyl/N-ethyl adjacent to an activating group) is 1. The largest absolute Gasteiger partial charge is 0.363 e. The van der Waals surface area contributed by atoms with Crippen molar-refractivity contribution in [3.63, 3.8) is 0 Å². The van der Waals surface area contributed by atoms with Crippen molar-refractivity contribution in [3.05, 3.63) is 95.6 Å². The van der Waals surface area contributed by atoms with Crippen molar-refractivity contribution in [2.75, 3.05) is 11.4 Å². The quantitative estimate of drug-likeness (QED) is 0.531. The van der Waals surface area contributed by atoms with E-state index in [2.05, 4.69) is 0 Å². The first kappa shape index (κ1) is 24.6. The van der Waals surface area contributed by atoms with Crippen LogP contribution in [0, 0.1) is 6.92 Å². The number of sulfonamides is 1. The number of carbonyl (C=O) groups excluding carboxylic acids is 2. The Labute approximate surface area is 220 Å². The number of para-hydroxylation sites is 1. The molecule has 196 valence electrons. The zero-order valence-corrected chi connectivity index (χ0v) is 21.9. The lowest BCUT2D eigenvalue weighted by atomic mass is 9.71. The molecule has 6 rings (SSSR count). The molecule has 2 N–H and O–H groups in total. The molecule has 9 nitrogen and oxygen atoms in total. The Balaban J connectivity index is 1.72. The van der Waals surface area contributed by atoms with Gasteiger partial charge in [-0.3, -0.25) is 14.5 Å². The molecule has 0 aliphatic carbocycles. The second-order valence-electron chi connectivity index (χ2n) is 10.4. The van der Waals surface area contributed by atoms with E-state index in [1.54, 1.807) is 42.5 Å². The third-order valence-electron chi connectivity index (χ3n) is 8.24. The molecule has 4 atom stereocenters. The molecular formula is C28H27N3O6S. The van der Waals surface area contributed by atoms with Gasteiger partial charge in [-0.2, -0.15) is 0 Å². The number of anilines is 1. The minimum atomic E-state index is -4.31. The number of carbonyl (C=O) groups is 2. The number of rotatable bonds is 3. The fraction of sp³-hybridized carbons (Fsp3) is 0.286. The molecule has 38 heavy (non-hydrogen) atoms. The van der Waals surface area contributed by atoms with Gasteiger partial charge >= 0.3 is 0 Å². The number of hydrogen-bond donors (Lipinski definition) is 2. The van der Waals surface area contributed by atoms with Crippen LogP contribution in [-0.2, 0) is 25.0 Å². The molecule has 3 heterocycles. The van der Waals surface area contributed by atoms with Gasteiger partial charge in [0.1, 0.15) is 6.17 Å². The summed E-state index contributed by atoms with van der Waals surface area (Å²) >= 11 is 0. The number of aryl methyl sites for hydroxylation is 1. The average molecular weight is 534 g/mol. The van der Waals surface area contributed by atoms with Crippen molar-refractivity contribution in [1.82, 2.24) is 9.80 Å². The van der Waals surface area contributed by atoms with Gasteiger partial charge in [-0.25, -0.2) is 12.7 Å². The summed E-state index contributed by atoms with van der Waals surface area (Å²) in [5.74, 6) is -1.86. The van der Waals surface area contributed by atoms with Crippen LogP contribution in [0.2, 0.25) is 0 Å². The van der Waals surface area contributed by atoms with Gasteiger partial charge in [0.25, 0.3) is 21.8 Å². The van der Waals surface area contributed by atoms with Crippen molar-refractivity contribution in [2.24, 2.45) is 0 Å². The lowest BCUT2D eigenvalue weighted by Gasteiger charge is -2.50. The Kier molecular flexibility index (Phi) is 4.96. The molecule has 0 bridgehead atoms. The summed E-state index contributed by atoms with van der Waals surface area (Å²) in [5.41, 5.74) is -3.52. The number of fused-ring (bicyclic) bond motifs is 5.